The summed E-state index contributed by atoms with van der Waals surface area (Å²) in [6.07, 6.45) is 0. The van der Waals surface area contributed by atoms with Crippen molar-refractivity contribution in [3.05, 3.63) is 28.6 Å². The van der Waals surface area contributed by atoms with Gasteiger partial charge in [0.2, 0.25) is 0 Å². The lowest BCUT2D eigenvalue weighted by Crippen LogP contribution is -2.01. The molecule has 0 bridgehead atoms. The third-order valence-corrected chi connectivity index (χ3v) is 2.03. The molecule has 0 amide bonds. The van der Waals surface area contributed by atoms with Gasteiger partial charge < -0.3 is 10.2 Å². The van der Waals surface area contributed by atoms with E-state index in [1.165, 1.54) is 13.8 Å². The maximum Gasteiger partial charge on any atom is 0.339 e. The van der Waals surface area contributed by atoms with Crippen LogP contribution in [0.1, 0.15) is 21.5 Å². The van der Waals surface area contributed by atoms with Crippen LogP contribution in [0.4, 0.5) is 4.39 Å². The number of hydrogen-bond acceptors (Lipinski definition) is 2. The number of aromatic carboxylic acids is 1. The van der Waals surface area contributed by atoms with Gasteiger partial charge in [0.05, 0.1) is 0 Å². The molecule has 0 heterocycles. The van der Waals surface area contributed by atoms with Crippen LogP contribution < -0.4 is 0 Å². The predicted molar refractivity (Wildman–Crippen MR) is 44.5 cm³/mol. The third kappa shape index (κ3) is 1.47. The third-order valence-electron chi connectivity index (χ3n) is 2.03. The zero-order valence-corrected chi connectivity index (χ0v) is 7.26. The van der Waals surface area contributed by atoms with E-state index in [2.05, 4.69) is 0 Å². The molecule has 1 aromatic carbocycles. The number of rotatable bonds is 1. The Balaban J connectivity index is 3.50. The normalized spacial score (nSPS) is 10.1. The second-order valence-electron chi connectivity index (χ2n) is 2.81. The first kappa shape index (κ1) is 9.51. The van der Waals surface area contributed by atoms with E-state index in [1.807, 2.05) is 0 Å². The molecule has 0 atom stereocenters. The summed E-state index contributed by atoms with van der Waals surface area (Å²) >= 11 is 0. The number of hydrogen-bond donors (Lipinski definition) is 2. The number of aromatic hydroxyl groups is 1. The number of benzene rings is 1. The van der Waals surface area contributed by atoms with Gasteiger partial charge in [-0.25, -0.2) is 9.18 Å². The molecule has 1 aromatic rings. The van der Waals surface area contributed by atoms with Gasteiger partial charge in [0.15, 0.2) is 0 Å². The first-order chi connectivity index (χ1) is 5.95. The summed E-state index contributed by atoms with van der Waals surface area (Å²) in [6.45, 7) is 2.95. The van der Waals surface area contributed by atoms with Crippen LogP contribution in [0, 0.1) is 19.7 Å². The van der Waals surface area contributed by atoms with E-state index >= 15 is 0 Å². The second kappa shape index (κ2) is 3.05. The van der Waals surface area contributed by atoms with E-state index in [4.69, 9.17) is 5.11 Å². The largest absolute Gasteiger partial charge is 0.507 e. The molecule has 0 aliphatic heterocycles. The zero-order valence-electron chi connectivity index (χ0n) is 7.26. The van der Waals surface area contributed by atoms with Gasteiger partial charge in [-0.2, -0.15) is 0 Å². The van der Waals surface area contributed by atoms with E-state index < -0.39 is 17.3 Å². The van der Waals surface area contributed by atoms with Crippen molar-refractivity contribution in [2.75, 3.05) is 0 Å². The van der Waals surface area contributed by atoms with Crippen LogP contribution in [0.25, 0.3) is 0 Å². The average Bonchev–Trinajstić information content (AvgIpc) is 2.07. The number of carbonyl (C=O) groups is 1. The molecule has 70 valence electrons. The highest BCUT2D eigenvalue weighted by atomic mass is 19.1. The lowest BCUT2D eigenvalue weighted by molar-refractivity contribution is 0.0693. The molecule has 0 saturated heterocycles. The van der Waals surface area contributed by atoms with Crippen molar-refractivity contribution in [2.24, 2.45) is 0 Å². The molecule has 4 heteroatoms. The van der Waals surface area contributed by atoms with E-state index in [-0.39, 0.29) is 16.9 Å². The van der Waals surface area contributed by atoms with Crippen LogP contribution in [-0.2, 0) is 0 Å². The van der Waals surface area contributed by atoms with Crippen LogP contribution in [-0.4, -0.2) is 16.2 Å². The fourth-order valence-corrected chi connectivity index (χ4v) is 1.03. The minimum absolute atomic E-state index is 0.261. The van der Waals surface area contributed by atoms with Crippen LogP contribution in [0.2, 0.25) is 0 Å². The highest BCUT2D eigenvalue weighted by molar-refractivity contribution is 5.91. The van der Waals surface area contributed by atoms with Gasteiger partial charge in [-0.1, -0.05) is 0 Å². The summed E-state index contributed by atoms with van der Waals surface area (Å²) in [6, 6.07) is 0.819. The summed E-state index contributed by atoms with van der Waals surface area (Å²) in [5.74, 6) is -2.32. The molecule has 1 rings (SSSR count). The molecular weight excluding hydrogens is 175 g/mol. The average molecular weight is 184 g/mol. The maximum absolute atomic E-state index is 13.0. The summed E-state index contributed by atoms with van der Waals surface area (Å²) in [4.78, 5) is 10.5. The van der Waals surface area contributed by atoms with Crippen molar-refractivity contribution >= 4 is 5.97 Å². The second-order valence-corrected chi connectivity index (χ2v) is 2.81. The fourth-order valence-electron chi connectivity index (χ4n) is 1.03. The van der Waals surface area contributed by atoms with Gasteiger partial charge in [0.1, 0.15) is 17.1 Å². The molecule has 0 saturated carbocycles. The van der Waals surface area contributed by atoms with E-state index in [9.17, 15) is 14.3 Å². The Kier molecular flexibility index (Phi) is 2.23. The topological polar surface area (TPSA) is 57.5 Å². The van der Waals surface area contributed by atoms with Gasteiger partial charge in [-0.3, -0.25) is 0 Å². The maximum atomic E-state index is 13.0. The van der Waals surface area contributed by atoms with Crippen molar-refractivity contribution in [2.45, 2.75) is 13.8 Å². The van der Waals surface area contributed by atoms with Gasteiger partial charge in [0, 0.05) is 0 Å². The molecule has 0 aromatic heterocycles. The van der Waals surface area contributed by atoms with E-state index in [0.717, 1.165) is 6.07 Å². The van der Waals surface area contributed by atoms with Crippen molar-refractivity contribution in [1.29, 1.82) is 0 Å². The summed E-state index contributed by atoms with van der Waals surface area (Å²) in [5, 5.41) is 17.9. The Labute approximate surface area is 74.4 Å². The summed E-state index contributed by atoms with van der Waals surface area (Å²) in [7, 11) is 0. The Bertz CT molecular complexity index is 372. The summed E-state index contributed by atoms with van der Waals surface area (Å²) in [5.41, 5.74) is 0.125. The molecular formula is C9H9FO3. The first-order valence-electron chi connectivity index (χ1n) is 3.67. The molecule has 2 N–H and O–H groups in total. The quantitative estimate of drug-likeness (QED) is 0.700. The molecule has 0 spiro atoms. The van der Waals surface area contributed by atoms with Crippen LogP contribution in [0.3, 0.4) is 0 Å². The van der Waals surface area contributed by atoms with Gasteiger partial charge >= 0.3 is 5.97 Å². The molecule has 0 fully saturated rings. The smallest absolute Gasteiger partial charge is 0.339 e. The Hall–Kier alpha value is -1.58. The van der Waals surface area contributed by atoms with Gasteiger partial charge in [-0.15, -0.1) is 0 Å². The van der Waals surface area contributed by atoms with Crippen molar-refractivity contribution in [1.82, 2.24) is 0 Å². The molecule has 0 aliphatic rings. The molecule has 0 unspecified atom stereocenters. The lowest BCUT2D eigenvalue weighted by atomic mass is 10.0. The molecule has 3 nitrogen and oxygen atoms in total. The SMILES string of the molecule is Cc1c(F)cc(C(=O)O)c(O)c1C. The summed E-state index contributed by atoms with van der Waals surface area (Å²) < 4.78 is 13.0. The Morgan fingerprint density at radius 2 is 1.92 bits per heavy atom. The van der Waals surface area contributed by atoms with E-state index in [0.29, 0.717) is 0 Å². The molecule has 0 radical (unpaired) electrons. The van der Waals surface area contributed by atoms with E-state index in [1.54, 1.807) is 0 Å². The van der Waals surface area contributed by atoms with Crippen molar-refractivity contribution < 1.29 is 19.4 Å². The highest BCUT2D eigenvalue weighted by Crippen LogP contribution is 2.26. The number of halogens is 1. The zero-order chi connectivity index (χ0) is 10.2. The highest BCUT2D eigenvalue weighted by Gasteiger charge is 2.16. The first-order valence-corrected chi connectivity index (χ1v) is 3.67. The molecule has 0 aliphatic carbocycles. The lowest BCUT2D eigenvalue weighted by Gasteiger charge is -2.07. The van der Waals surface area contributed by atoms with Crippen LogP contribution in [0.15, 0.2) is 6.07 Å². The van der Waals surface area contributed by atoms with Crippen molar-refractivity contribution in [3.8, 4) is 5.75 Å². The van der Waals surface area contributed by atoms with Crippen molar-refractivity contribution in [3.63, 3.8) is 0 Å². The predicted octanol–water partition coefficient (Wildman–Crippen LogP) is 1.85. The number of phenols is 1. The van der Waals surface area contributed by atoms with Gasteiger partial charge in [0.25, 0.3) is 0 Å². The van der Waals surface area contributed by atoms with Gasteiger partial charge in [-0.05, 0) is 31.0 Å². The standard InChI is InChI=1S/C9H9FO3/c1-4-5(2)8(11)6(9(12)13)3-7(4)10/h3,11H,1-2H3,(H,12,13). The number of carboxylic acid groups (broad SMARTS) is 1. The fraction of sp³-hybridized carbons (Fsp3) is 0.222. The minimum atomic E-state index is -1.33. The minimum Gasteiger partial charge on any atom is -0.507 e. The molecule has 13 heavy (non-hydrogen) atoms. The Morgan fingerprint density at radius 3 is 2.38 bits per heavy atom. The Morgan fingerprint density at radius 1 is 1.38 bits per heavy atom. The monoisotopic (exact) mass is 184 g/mol. The number of carboxylic acids is 1. The van der Waals surface area contributed by atoms with Crippen LogP contribution >= 0.6 is 0 Å². The van der Waals surface area contributed by atoms with Crippen LogP contribution in [0.5, 0.6) is 5.75 Å².